The molecule has 0 atom stereocenters. The fourth-order valence-electron chi connectivity index (χ4n) is 2.03. The Hall–Kier alpha value is -2.00. The van der Waals surface area contributed by atoms with Crippen molar-refractivity contribution in [1.82, 2.24) is 0 Å². The lowest BCUT2D eigenvalue weighted by atomic mass is 9.96. The van der Waals surface area contributed by atoms with E-state index in [0.29, 0.717) is 16.7 Å². The van der Waals surface area contributed by atoms with Crippen LogP contribution in [0.15, 0.2) is 60.7 Å². The molecule has 0 unspecified atom stereocenters. The van der Waals surface area contributed by atoms with Crippen LogP contribution in [0, 0.1) is 6.92 Å². The molecule has 0 radical (unpaired) electrons. The summed E-state index contributed by atoms with van der Waals surface area (Å²) < 4.78 is 11.1. The molecule has 2 rings (SSSR count). The van der Waals surface area contributed by atoms with Crippen LogP contribution in [0.1, 0.15) is 21.5 Å². The highest BCUT2D eigenvalue weighted by Gasteiger charge is 2.17. The Kier molecular flexibility index (Phi) is 5.09. The van der Waals surface area contributed by atoms with Crippen molar-refractivity contribution < 1.29 is 19.1 Å². The summed E-state index contributed by atoms with van der Waals surface area (Å²) in [7, 11) is -4.21. The van der Waals surface area contributed by atoms with E-state index < -0.39 is 13.8 Å². The average molecular weight is 316 g/mol. The Morgan fingerprint density at radius 1 is 1.00 bits per heavy atom. The standard InChI is InChI=1S/C17H17O4P/c1-13-7-9-15(10-8-13)17(18)16(11-12-22(19,20)21)14-5-3-2-4-6-14/h2-11H,12H2,1H3,(H2,19,20,21). The van der Waals surface area contributed by atoms with E-state index in [-0.39, 0.29) is 5.78 Å². The number of hydrogen-bond donors (Lipinski definition) is 2. The third-order valence-electron chi connectivity index (χ3n) is 3.18. The van der Waals surface area contributed by atoms with E-state index in [1.54, 1.807) is 36.4 Å². The number of benzene rings is 2. The summed E-state index contributed by atoms with van der Waals surface area (Å²) in [6.07, 6.45) is 0.854. The Morgan fingerprint density at radius 3 is 2.14 bits per heavy atom. The minimum Gasteiger partial charge on any atom is -0.324 e. The molecular weight excluding hydrogens is 299 g/mol. The van der Waals surface area contributed by atoms with Crippen molar-refractivity contribution in [2.45, 2.75) is 6.92 Å². The lowest BCUT2D eigenvalue weighted by molar-refractivity contribution is 0.105. The van der Waals surface area contributed by atoms with Gasteiger partial charge in [-0.1, -0.05) is 66.2 Å². The molecule has 2 N–H and O–H groups in total. The van der Waals surface area contributed by atoms with Crippen LogP contribution in [0.2, 0.25) is 0 Å². The summed E-state index contributed by atoms with van der Waals surface area (Å²) in [4.78, 5) is 30.8. The highest BCUT2D eigenvalue weighted by atomic mass is 31.2. The lowest BCUT2D eigenvalue weighted by Crippen LogP contribution is -2.04. The number of Topliss-reactive ketones (excluding diaryl/α,β-unsaturated/α-hetero) is 1. The summed E-state index contributed by atoms with van der Waals surface area (Å²) >= 11 is 0. The van der Waals surface area contributed by atoms with Crippen molar-refractivity contribution in [2.24, 2.45) is 0 Å². The first-order valence-electron chi connectivity index (χ1n) is 6.78. The zero-order chi connectivity index (χ0) is 16.2. The lowest BCUT2D eigenvalue weighted by Gasteiger charge is -2.09. The van der Waals surface area contributed by atoms with Gasteiger partial charge < -0.3 is 9.79 Å². The van der Waals surface area contributed by atoms with E-state index in [2.05, 4.69) is 0 Å². The van der Waals surface area contributed by atoms with Gasteiger partial charge in [-0.2, -0.15) is 0 Å². The third kappa shape index (κ3) is 4.50. The number of allylic oxidation sites excluding steroid dienone is 2. The van der Waals surface area contributed by atoms with Gasteiger partial charge in [-0.15, -0.1) is 0 Å². The Balaban J connectivity index is 2.42. The summed E-state index contributed by atoms with van der Waals surface area (Å²) in [5.74, 6) is -0.250. The zero-order valence-corrected chi connectivity index (χ0v) is 13.0. The van der Waals surface area contributed by atoms with Gasteiger partial charge >= 0.3 is 7.60 Å². The van der Waals surface area contributed by atoms with Crippen LogP contribution in [0.4, 0.5) is 0 Å². The van der Waals surface area contributed by atoms with Gasteiger partial charge in [0.15, 0.2) is 5.78 Å². The predicted molar refractivity (Wildman–Crippen MR) is 86.8 cm³/mol. The zero-order valence-electron chi connectivity index (χ0n) is 12.1. The predicted octanol–water partition coefficient (Wildman–Crippen LogP) is 3.44. The van der Waals surface area contributed by atoms with Gasteiger partial charge in [-0.25, -0.2) is 0 Å². The Bertz CT molecular complexity index is 727. The number of ketones is 1. The van der Waals surface area contributed by atoms with E-state index in [9.17, 15) is 9.36 Å². The molecule has 0 bridgehead atoms. The van der Waals surface area contributed by atoms with E-state index >= 15 is 0 Å². The van der Waals surface area contributed by atoms with Crippen molar-refractivity contribution in [3.63, 3.8) is 0 Å². The molecule has 0 aliphatic rings. The number of rotatable bonds is 5. The number of carbonyl (C=O) groups is 1. The molecule has 114 valence electrons. The van der Waals surface area contributed by atoms with Gasteiger partial charge in [0.05, 0.1) is 6.16 Å². The molecular formula is C17H17O4P. The van der Waals surface area contributed by atoms with Gasteiger partial charge in [0, 0.05) is 11.1 Å². The fraction of sp³-hybridized carbons (Fsp3) is 0.118. The first-order valence-corrected chi connectivity index (χ1v) is 8.58. The summed E-state index contributed by atoms with van der Waals surface area (Å²) in [6.45, 7) is 1.93. The van der Waals surface area contributed by atoms with Gasteiger partial charge in [0.1, 0.15) is 0 Å². The molecule has 5 heteroatoms. The molecule has 0 heterocycles. The van der Waals surface area contributed by atoms with Crippen LogP contribution in [0.25, 0.3) is 5.57 Å². The second-order valence-corrected chi connectivity index (χ2v) is 6.72. The molecule has 2 aromatic rings. The average Bonchev–Trinajstić information content (AvgIpc) is 2.48. The van der Waals surface area contributed by atoms with E-state index in [1.807, 2.05) is 25.1 Å². The number of carbonyl (C=O) groups excluding carboxylic acids is 1. The molecule has 2 aromatic carbocycles. The summed E-state index contributed by atoms with van der Waals surface area (Å²) in [5.41, 5.74) is 2.47. The van der Waals surface area contributed by atoms with E-state index in [1.165, 1.54) is 6.08 Å². The summed E-state index contributed by atoms with van der Waals surface area (Å²) in [6, 6.07) is 16.0. The Labute approximate surface area is 129 Å². The number of aryl methyl sites for hydroxylation is 1. The highest BCUT2D eigenvalue weighted by Crippen LogP contribution is 2.35. The minimum atomic E-state index is -4.21. The smallest absolute Gasteiger partial charge is 0.324 e. The third-order valence-corrected chi connectivity index (χ3v) is 3.83. The maximum Gasteiger partial charge on any atom is 0.329 e. The van der Waals surface area contributed by atoms with E-state index in [0.717, 1.165) is 5.56 Å². The van der Waals surface area contributed by atoms with Crippen molar-refractivity contribution >= 4 is 19.0 Å². The maximum absolute atomic E-state index is 12.7. The molecule has 0 saturated carbocycles. The maximum atomic E-state index is 12.7. The van der Waals surface area contributed by atoms with Crippen LogP contribution in [0.3, 0.4) is 0 Å². The first kappa shape index (κ1) is 16.4. The fourth-order valence-corrected chi connectivity index (χ4v) is 2.45. The molecule has 0 fully saturated rings. The number of hydrogen-bond acceptors (Lipinski definition) is 2. The molecule has 4 nitrogen and oxygen atoms in total. The minimum absolute atomic E-state index is 0.250. The van der Waals surface area contributed by atoms with Gasteiger partial charge in [-0.3, -0.25) is 9.36 Å². The molecule has 0 aliphatic carbocycles. The molecule has 0 aliphatic heterocycles. The van der Waals surface area contributed by atoms with Crippen LogP contribution in [0.5, 0.6) is 0 Å². The molecule has 0 saturated heterocycles. The van der Waals surface area contributed by atoms with Crippen molar-refractivity contribution in [2.75, 3.05) is 6.16 Å². The van der Waals surface area contributed by atoms with Crippen molar-refractivity contribution in [1.29, 1.82) is 0 Å². The SMILES string of the molecule is Cc1ccc(C(=O)C(=CCP(=O)(O)O)c2ccccc2)cc1. The van der Waals surface area contributed by atoms with E-state index in [4.69, 9.17) is 9.79 Å². The van der Waals surface area contributed by atoms with Crippen LogP contribution in [-0.2, 0) is 4.57 Å². The normalized spacial score (nSPS) is 12.2. The molecule has 0 aromatic heterocycles. The monoisotopic (exact) mass is 316 g/mol. The molecule has 0 amide bonds. The molecule has 22 heavy (non-hydrogen) atoms. The second kappa shape index (κ2) is 6.84. The second-order valence-electron chi connectivity index (χ2n) is 5.03. The van der Waals surface area contributed by atoms with Crippen molar-refractivity contribution in [3.05, 3.63) is 77.4 Å². The van der Waals surface area contributed by atoms with Crippen LogP contribution in [-0.4, -0.2) is 21.7 Å². The van der Waals surface area contributed by atoms with Crippen molar-refractivity contribution in [3.8, 4) is 0 Å². The van der Waals surface area contributed by atoms with Crippen LogP contribution >= 0.6 is 7.60 Å². The van der Waals surface area contributed by atoms with Crippen LogP contribution < -0.4 is 0 Å². The van der Waals surface area contributed by atoms with Gasteiger partial charge in [-0.05, 0) is 12.5 Å². The topological polar surface area (TPSA) is 74.6 Å². The molecule has 0 spiro atoms. The quantitative estimate of drug-likeness (QED) is 0.503. The summed E-state index contributed by atoms with van der Waals surface area (Å²) in [5, 5.41) is 0. The first-order chi connectivity index (χ1) is 10.4. The largest absolute Gasteiger partial charge is 0.329 e. The van der Waals surface area contributed by atoms with Gasteiger partial charge in [0.2, 0.25) is 0 Å². The van der Waals surface area contributed by atoms with Gasteiger partial charge in [0.25, 0.3) is 0 Å². The Morgan fingerprint density at radius 2 is 1.59 bits per heavy atom. The highest BCUT2D eigenvalue weighted by molar-refractivity contribution is 7.51.